The summed E-state index contributed by atoms with van der Waals surface area (Å²) < 4.78 is 1.73. The minimum Gasteiger partial charge on any atom is -0.330 e. The molecule has 1 aromatic heterocycles. The molecule has 1 aliphatic heterocycles. The number of piperazine rings is 1. The summed E-state index contributed by atoms with van der Waals surface area (Å²) in [6.07, 6.45) is 0. The second-order valence-corrected chi connectivity index (χ2v) is 6.64. The molecule has 6 heteroatoms. The first-order valence-electron chi connectivity index (χ1n) is 8.56. The Morgan fingerprint density at radius 3 is 2.48 bits per heavy atom. The summed E-state index contributed by atoms with van der Waals surface area (Å²) in [5, 5.41) is 4.39. The molecule has 1 fully saturated rings. The van der Waals surface area contributed by atoms with Gasteiger partial charge in [-0.05, 0) is 45.4 Å². The Morgan fingerprint density at radius 1 is 1.16 bits per heavy atom. The molecule has 25 heavy (non-hydrogen) atoms. The summed E-state index contributed by atoms with van der Waals surface area (Å²) in [6, 6.07) is 9.36. The van der Waals surface area contributed by atoms with Crippen molar-refractivity contribution < 1.29 is 9.59 Å². The number of hydrogen-bond donors (Lipinski definition) is 0. The normalized spacial score (nSPS) is 16.2. The van der Waals surface area contributed by atoms with Crippen LogP contribution in [0, 0.1) is 20.8 Å². The number of rotatable bonds is 3. The summed E-state index contributed by atoms with van der Waals surface area (Å²) in [5.74, 6) is -0.113. The molecule has 1 atom stereocenters. The first-order chi connectivity index (χ1) is 11.9. The lowest BCUT2D eigenvalue weighted by molar-refractivity contribution is -0.139. The van der Waals surface area contributed by atoms with Gasteiger partial charge in [0.15, 0.2) is 0 Å². The number of anilines is 1. The highest BCUT2D eigenvalue weighted by atomic mass is 16.2. The molecule has 0 spiro atoms. The molecule has 0 N–H and O–H groups in total. The minimum absolute atomic E-state index is 0.0468. The van der Waals surface area contributed by atoms with Gasteiger partial charge in [-0.2, -0.15) is 5.10 Å². The quantitative estimate of drug-likeness (QED) is 0.861. The molecule has 1 aliphatic rings. The number of amides is 2. The van der Waals surface area contributed by atoms with Crippen LogP contribution >= 0.6 is 0 Å². The van der Waals surface area contributed by atoms with Gasteiger partial charge in [0.1, 0.15) is 12.6 Å². The van der Waals surface area contributed by atoms with Gasteiger partial charge in [0.05, 0.1) is 5.69 Å². The molecular formula is C19H24N4O2. The summed E-state index contributed by atoms with van der Waals surface area (Å²) in [4.78, 5) is 28.8. The van der Waals surface area contributed by atoms with E-state index in [0.29, 0.717) is 13.1 Å². The van der Waals surface area contributed by atoms with E-state index >= 15 is 0 Å². The molecule has 0 bridgehead atoms. The van der Waals surface area contributed by atoms with Crippen LogP contribution in [-0.2, 0) is 9.59 Å². The molecule has 2 aromatic rings. The average Bonchev–Trinajstić information content (AvgIpc) is 2.92. The van der Waals surface area contributed by atoms with Crippen LogP contribution in [0.5, 0.6) is 0 Å². The number of carbonyl (C=O) groups is 2. The van der Waals surface area contributed by atoms with Crippen LogP contribution in [0.1, 0.15) is 29.9 Å². The predicted octanol–water partition coefficient (Wildman–Crippen LogP) is 2.24. The lowest BCUT2D eigenvalue weighted by atomic mass is 10.1. The third kappa shape index (κ3) is 3.29. The average molecular weight is 340 g/mol. The van der Waals surface area contributed by atoms with Gasteiger partial charge in [-0.3, -0.25) is 14.3 Å². The summed E-state index contributed by atoms with van der Waals surface area (Å²) in [7, 11) is 0. The fraction of sp³-hybridized carbons (Fsp3) is 0.421. The van der Waals surface area contributed by atoms with Crippen LogP contribution in [0.25, 0.3) is 0 Å². The van der Waals surface area contributed by atoms with Gasteiger partial charge in [-0.25, -0.2) is 0 Å². The Kier molecular flexibility index (Phi) is 4.61. The van der Waals surface area contributed by atoms with E-state index < -0.39 is 6.04 Å². The number of aromatic nitrogens is 2. The second-order valence-electron chi connectivity index (χ2n) is 6.64. The molecule has 2 heterocycles. The maximum atomic E-state index is 12.8. The first-order valence-corrected chi connectivity index (χ1v) is 8.56. The van der Waals surface area contributed by atoms with Crippen LogP contribution in [0.3, 0.4) is 0 Å². The zero-order valence-corrected chi connectivity index (χ0v) is 15.2. The Bertz CT molecular complexity index is 812. The van der Waals surface area contributed by atoms with Crippen molar-refractivity contribution in [2.24, 2.45) is 0 Å². The second kappa shape index (κ2) is 6.70. The number of hydrogen-bond acceptors (Lipinski definition) is 3. The maximum Gasteiger partial charge on any atom is 0.247 e. The SMILES string of the molecule is Cc1cc(C)n(C(C)C(=O)N2CCN(c3ccccc3C)C(=O)C2)n1. The Morgan fingerprint density at radius 2 is 1.88 bits per heavy atom. The van der Waals surface area contributed by atoms with Gasteiger partial charge < -0.3 is 9.80 Å². The molecule has 132 valence electrons. The maximum absolute atomic E-state index is 12.8. The van der Waals surface area contributed by atoms with Gasteiger partial charge in [0, 0.05) is 24.5 Å². The summed E-state index contributed by atoms with van der Waals surface area (Å²) in [5.41, 5.74) is 3.82. The molecule has 1 unspecified atom stereocenters. The van der Waals surface area contributed by atoms with Gasteiger partial charge in [0.2, 0.25) is 11.8 Å². The summed E-state index contributed by atoms with van der Waals surface area (Å²) in [6.45, 7) is 8.82. The smallest absolute Gasteiger partial charge is 0.247 e. The molecule has 0 saturated carbocycles. The molecule has 0 aliphatic carbocycles. The highest BCUT2D eigenvalue weighted by Gasteiger charge is 2.31. The lowest BCUT2D eigenvalue weighted by Crippen LogP contribution is -2.53. The van der Waals surface area contributed by atoms with Crippen molar-refractivity contribution in [1.29, 1.82) is 0 Å². The van der Waals surface area contributed by atoms with Crippen molar-refractivity contribution >= 4 is 17.5 Å². The minimum atomic E-state index is -0.411. The molecule has 3 rings (SSSR count). The lowest BCUT2D eigenvalue weighted by Gasteiger charge is -2.36. The Labute approximate surface area is 148 Å². The van der Waals surface area contributed by atoms with Gasteiger partial charge in [-0.15, -0.1) is 0 Å². The third-order valence-corrected chi connectivity index (χ3v) is 4.71. The topological polar surface area (TPSA) is 58.4 Å². The third-order valence-electron chi connectivity index (χ3n) is 4.71. The van der Waals surface area contributed by atoms with Gasteiger partial charge in [0.25, 0.3) is 0 Å². The van der Waals surface area contributed by atoms with Crippen LogP contribution in [0.4, 0.5) is 5.69 Å². The largest absolute Gasteiger partial charge is 0.330 e. The number of benzene rings is 1. The monoisotopic (exact) mass is 340 g/mol. The first kappa shape index (κ1) is 17.2. The Hall–Kier alpha value is -2.63. The van der Waals surface area contributed by atoms with Crippen LogP contribution in [0.15, 0.2) is 30.3 Å². The van der Waals surface area contributed by atoms with E-state index in [-0.39, 0.29) is 18.4 Å². The molecule has 2 amide bonds. The van der Waals surface area contributed by atoms with E-state index in [1.165, 1.54) is 0 Å². The fourth-order valence-corrected chi connectivity index (χ4v) is 3.39. The Balaban J connectivity index is 1.72. The van der Waals surface area contributed by atoms with E-state index in [1.54, 1.807) is 14.5 Å². The van der Waals surface area contributed by atoms with Crippen molar-refractivity contribution in [1.82, 2.24) is 14.7 Å². The van der Waals surface area contributed by atoms with Crippen LogP contribution in [-0.4, -0.2) is 46.1 Å². The van der Waals surface area contributed by atoms with Crippen LogP contribution < -0.4 is 4.90 Å². The van der Waals surface area contributed by atoms with Gasteiger partial charge in [-0.1, -0.05) is 18.2 Å². The van der Waals surface area contributed by atoms with Gasteiger partial charge >= 0.3 is 0 Å². The number of nitrogens with zero attached hydrogens (tertiary/aromatic N) is 4. The van der Waals surface area contributed by atoms with E-state index in [0.717, 1.165) is 22.6 Å². The highest BCUT2D eigenvalue weighted by Crippen LogP contribution is 2.23. The van der Waals surface area contributed by atoms with E-state index in [9.17, 15) is 9.59 Å². The zero-order chi connectivity index (χ0) is 18.1. The van der Waals surface area contributed by atoms with Crippen molar-refractivity contribution in [3.05, 3.63) is 47.3 Å². The molecule has 1 saturated heterocycles. The standard InChI is InChI=1S/C19H24N4O2/c1-13-7-5-6-8-17(13)22-10-9-21(12-18(22)24)19(25)16(4)23-15(3)11-14(2)20-23/h5-8,11,16H,9-10,12H2,1-4H3. The molecule has 6 nitrogen and oxygen atoms in total. The number of aryl methyl sites for hydroxylation is 3. The number of carbonyl (C=O) groups excluding carboxylic acids is 2. The van der Waals surface area contributed by atoms with Crippen molar-refractivity contribution in [2.45, 2.75) is 33.7 Å². The fourth-order valence-electron chi connectivity index (χ4n) is 3.39. The van der Waals surface area contributed by atoms with Crippen molar-refractivity contribution in [2.75, 3.05) is 24.5 Å². The van der Waals surface area contributed by atoms with E-state index in [4.69, 9.17) is 0 Å². The summed E-state index contributed by atoms with van der Waals surface area (Å²) >= 11 is 0. The van der Waals surface area contributed by atoms with E-state index in [2.05, 4.69) is 5.10 Å². The predicted molar refractivity (Wildman–Crippen MR) is 96.5 cm³/mol. The molecule has 1 aromatic carbocycles. The molecular weight excluding hydrogens is 316 g/mol. The van der Waals surface area contributed by atoms with Crippen molar-refractivity contribution in [3.63, 3.8) is 0 Å². The van der Waals surface area contributed by atoms with Crippen LogP contribution in [0.2, 0.25) is 0 Å². The number of para-hydroxylation sites is 1. The van der Waals surface area contributed by atoms with Crippen molar-refractivity contribution in [3.8, 4) is 0 Å². The van der Waals surface area contributed by atoms with E-state index in [1.807, 2.05) is 58.0 Å². The molecule has 0 radical (unpaired) electrons. The zero-order valence-electron chi connectivity index (χ0n) is 15.2. The highest BCUT2D eigenvalue weighted by molar-refractivity contribution is 5.98.